The largest absolute Gasteiger partial charge is 0.497 e. The molecule has 2 N–H and O–H groups in total. The molecule has 200 valence electrons. The number of aromatic nitrogens is 1. The molecule has 0 amide bonds. The normalized spacial score (nSPS) is 16.0. The molecule has 1 unspecified atom stereocenters. The number of methoxy groups -OCH3 is 1. The zero-order valence-corrected chi connectivity index (χ0v) is 21.8. The van der Waals surface area contributed by atoms with E-state index in [0.717, 1.165) is 12.1 Å². The number of hydrogen-bond acceptors (Lipinski definition) is 5. The Kier molecular flexibility index (Phi) is 8.83. The number of likely N-dealkylation sites (tertiary alicyclic amines) is 1. The van der Waals surface area contributed by atoms with E-state index in [9.17, 15) is 23.8 Å². The lowest BCUT2D eigenvalue weighted by Gasteiger charge is -2.41. The summed E-state index contributed by atoms with van der Waals surface area (Å²) in [5, 5.41) is 21.9. The minimum absolute atomic E-state index is 0.00669. The van der Waals surface area contributed by atoms with E-state index in [1.165, 1.54) is 12.3 Å². The minimum atomic E-state index is -0.935. The summed E-state index contributed by atoms with van der Waals surface area (Å²) in [6.07, 6.45) is 2.76. The van der Waals surface area contributed by atoms with E-state index in [4.69, 9.17) is 16.3 Å². The molecule has 0 radical (unpaired) electrons. The van der Waals surface area contributed by atoms with E-state index in [2.05, 4.69) is 21.7 Å². The van der Waals surface area contributed by atoms with Crippen molar-refractivity contribution in [3.05, 3.63) is 70.4 Å². The SMILES string of the molecule is COc1ccc2ncc(Cl)c(C(O)CCC3(CC(=O)O)CCN(CC#Cc4ccc(F)c(F)c4)CC3)c2c1. The number of carboxylic acid groups (broad SMARTS) is 1. The predicted octanol–water partition coefficient (Wildman–Crippen LogP) is 5.60. The molecule has 38 heavy (non-hydrogen) atoms. The molecular weight excluding hydrogens is 514 g/mol. The molecule has 1 atom stereocenters. The molecule has 6 nitrogen and oxygen atoms in total. The summed E-state index contributed by atoms with van der Waals surface area (Å²) in [6.45, 7) is 1.73. The van der Waals surface area contributed by atoms with Gasteiger partial charge in [0, 0.05) is 22.7 Å². The molecule has 1 saturated heterocycles. The van der Waals surface area contributed by atoms with Crippen molar-refractivity contribution in [1.29, 1.82) is 0 Å². The van der Waals surface area contributed by atoms with Gasteiger partial charge in [0.15, 0.2) is 11.6 Å². The molecule has 1 fully saturated rings. The number of carboxylic acids is 1. The minimum Gasteiger partial charge on any atom is -0.497 e. The molecule has 1 aliphatic rings. The summed E-state index contributed by atoms with van der Waals surface area (Å²) in [6, 6.07) is 8.93. The lowest BCUT2D eigenvalue weighted by Crippen LogP contribution is -2.41. The van der Waals surface area contributed by atoms with Gasteiger partial charge in [0.05, 0.1) is 36.7 Å². The Hall–Kier alpha value is -3.25. The van der Waals surface area contributed by atoms with Crippen LogP contribution in [0, 0.1) is 28.9 Å². The molecule has 1 aromatic heterocycles. The number of hydrogen-bond donors (Lipinski definition) is 2. The number of pyridine rings is 1. The number of rotatable bonds is 8. The van der Waals surface area contributed by atoms with Crippen LogP contribution in [0.1, 0.15) is 49.3 Å². The Morgan fingerprint density at radius 2 is 1.97 bits per heavy atom. The fourth-order valence-corrected chi connectivity index (χ4v) is 5.35. The van der Waals surface area contributed by atoms with E-state index in [-0.39, 0.29) is 6.42 Å². The Bertz CT molecular complexity index is 1380. The van der Waals surface area contributed by atoms with Gasteiger partial charge in [-0.1, -0.05) is 23.4 Å². The molecule has 9 heteroatoms. The first-order valence-electron chi connectivity index (χ1n) is 12.4. The van der Waals surface area contributed by atoms with Gasteiger partial charge in [-0.3, -0.25) is 14.7 Å². The van der Waals surface area contributed by atoms with Crippen LogP contribution in [0.2, 0.25) is 5.02 Å². The van der Waals surface area contributed by atoms with Crippen LogP contribution in [-0.2, 0) is 4.79 Å². The number of piperidine rings is 1. The summed E-state index contributed by atoms with van der Waals surface area (Å²) in [4.78, 5) is 18.2. The first-order valence-corrected chi connectivity index (χ1v) is 12.8. The van der Waals surface area contributed by atoms with E-state index in [0.29, 0.717) is 78.1 Å². The van der Waals surface area contributed by atoms with E-state index in [1.54, 1.807) is 25.3 Å². The molecule has 2 heterocycles. The number of aliphatic hydroxyl groups is 1. The van der Waals surface area contributed by atoms with Gasteiger partial charge in [-0.2, -0.15) is 0 Å². The van der Waals surface area contributed by atoms with Crippen molar-refractivity contribution in [2.45, 2.75) is 38.2 Å². The standard InChI is InChI=1S/C29H29ClF2N2O4/c1-38-20-5-7-25-21(16-20)28(22(30)18-33-25)26(35)8-9-29(17-27(36)37)10-13-34(14-11-29)12-2-3-19-4-6-23(31)24(32)15-19/h4-7,15-16,18,26,35H,8-14,17H2,1H3,(H,36,37). The maximum Gasteiger partial charge on any atom is 0.303 e. The van der Waals surface area contributed by atoms with Gasteiger partial charge in [0.2, 0.25) is 0 Å². The summed E-state index contributed by atoms with van der Waals surface area (Å²) >= 11 is 6.45. The molecule has 0 saturated carbocycles. The van der Waals surface area contributed by atoms with E-state index < -0.39 is 29.1 Å². The van der Waals surface area contributed by atoms with E-state index >= 15 is 0 Å². The van der Waals surface area contributed by atoms with Gasteiger partial charge in [-0.05, 0) is 80.6 Å². The summed E-state index contributed by atoms with van der Waals surface area (Å²) in [5.74, 6) is 3.74. The second kappa shape index (κ2) is 12.1. The fourth-order valence-electron chi connectivity index (χ4n) is 5.07. The zero-order valence-electron chi connectivity index (χ0n) is 21.0. The lowest BCUT2D eigenvalue weighted by molar-refractivity contribution is -0.141. The smallest absolute Gasteiger partial charge is 0.303 e. The third kappa shape index (κ3) is 6.60. The number of fused-ring (bicyclic) bond motifs is 1. The van der Waals surface area contributed by atoms with Crippen molar-refractivity contribution in [2.24, 2.45) is 5.41 Å². The Balaban J connectivity index is 1.42. The molecule has 0 bridgehead atoms. The van der Waals surface area contributed by atoms with Crippen LogP contribution in [0.4, 0.5) is 8.78 Å². The first kappa shape index (κ1) is 27.8. The van der Waals surface area contributed by atoms with E-state index in [1.807, 2.05) is 0 Å². The topological polar surface area (TPSA) is 82.9 Å². The number of benzene rings is 2. The molecule has 3 aromatic rings. The summed E-state index contributed by atoms with van der Waals surface area (Å²) in [5.41, 5.74) is 1.17. The zero-order chi connectivity index (χ0) is 27.3. The number of aliphatic hydroxyl groups excluding tert-OH is 1. The summed E-state index contributed by atoms with van der Waals surface area (Å²) < 4.78 is 31.8. The predicted molar refractivity (Wildman–Crippen MR) is 141 cm³/mol. The van der Waals surface area contributed by atoms with Crippen LogP contribution in [0.15, 0.2) is 42.6 Å². The maximum atomic E-state index is 13.4. The van der Waals surface area contributed by atoms with Crippen LogP contribution < -0.4 is 4.74 Å². The highest BCUT2D eigenvalue weighted by Crippen LogP contribution is 2.43. The van der Waals surface area contributed by atoms with Crippen LogP contribution in [-0.4, -0.2) is 52.8 Å². The van der Waals surface area contributed by atoms with Gasteiger partial charge in [0.25, 0.3) is 0 Å². The van der Waals surface area contributed by atoms with Crippen molar-refractivity contribution in [2.75, 3.05) is 26.7 Å². The number of carbonyl (C=O) groups is 1. The van der Waals surface area contributed by atoms with Crippen LogP contribution >= 0.6 is 11.6 Å². The lowest BCUT2D eigenvalue weighted by atomic mass is 9.71. The van der Waals surface area contributed by atoms with Crippen molar-refractivity contribution in [1.82, 2.24) is 9.88 Å². The van der Waals surface area contributed by atoms with Gasteiger partial charge >= 0.3 is 5.97 Å². The molecule has 0 spiro atoms. The number of nitrogens with zero attached hydrogens (tertiary/aromatic N) is 2. The third-order valence-corrected chi connectivity index (χ3v) is 7.55. The van der Waals surface area contributed by atoms with Crippen LogP contribution in [0.25, 0.3) is 10.9 Å². The average molecular weight is 543 g/mol. The van der Waals surface area contributed by atoms with Gasteiger partial charge in [-0.15, -0.1) is 0 Å². The highest BCUT2D eigenvalue weighted by Gasteiger charge is 2.37. The molecule has 4 rings (SSSR count). The average Bonchev–Trinajstić information content (AvgIpc) is 2.90. The number of halogens is 3. The van der Waals surface area contributed by atoms with Crippen molar-refractivity contribution < 1.29 is 28.5 Å². The quantitative estimate of drug-likeness (QED) is 0.361. The van der Waals surface area contributed by atoms with Gasteiger partial charge in [0.1, 0.15) is 5.75 Å². The Morgan fingerprint density at radius 3 is 2.66 bits per heavy atom. The van der Waals surface area contributed by atoms with Gasteiger partial charge < -0.3 is 14.9 Å². The Morgan fingerprint density at radius 1 is 1.21 bits per heavy atom. The monoisotopic (exact) mass is 542 g/mol. The van der Waals surface area contributed by atoms with Crippen LogP contribution in [0.3, 0.4) is 0 Å². The van der Waals surface area contributed by atoms with Crippen molar-refractivity contribution in [3.8, 4) is 17.6 Å². The Labute approximate surface area is 225 Å². The number of ether oxygens (including phenoxy) is 1. The third-order valence-electron chi connectivity index (χ3n) is 7.25. The second-order valence-electron chi connectivity index (χ2n) is 9.73. The van der Waals surface area contributed by atoms with Crippen LogP contribution in [0.5, 0.6) is 5.75 Å². The second-order valence-corrected chi connectivity index (χ2v) is 10.1. The highest BCUT2D eigenvalue weighted by atomic mass is 35.5. The summed E-state index contributed by atoms with van der Waals surface area (Å²) in [7, 11) is 1.56. The number of aliphatic carboxylic acids is 1. The fraction of sp³-hybridized carbons (Fsp3) is 0.379. The molecular formula is C29H29ClF2N2O4. The molecule has 0 aliphatic carbocycles. The van der Waals surface area contributed by atoms with Gasteiger partial charge in [-0.25, -0.2) is 8.78 Å². The van der Waals surface area contributed by atoms with Crippen molar-refractivity contribution in [3.63, 3.8) is 0 Å². The molecule has 2 aromatic carbocycles. The van der Waals surface area contributed by atoms with Crippen molar-refractivity contribution >= 4 is 28.5 Å². The maximum absolute atomic E-state index is 13.4. The highest BCUT2D eigenvalue weighted by molar-refractivity contribution is 6.32. The first-order chi connectivity index (χ1) is 18.2. The molecule has 1 aliphatic heterocycles.